The summed E-state index contributed by atoms with van der Waals surface area (Å²) in [6, 6.07) is 14.4. The predicted octanol–water partition coefficient (Wildman–Crippen LogP) is 3.63. The van der Waals surface area contributed by atoms with Gasteiger partial charge in [0.1, 0.15) is 18.1 Å². The molecule has 2 aromatic carbocycles. The summed E-state index contributed by atoms with van der Waals surface area (Å²) in [5.74, 6) is 0.453. The molecule has 0 atom stereocenters. The molecule has 0 aromatic heterocycles. The van der Waals surface area contributed by atoms with Gasteiger partial charge in [-0.3, -0.25) is 0 Å². The third-order valence-corrected chi connectivity index (χ3v) is 4.93. The van der Waals surface area contributed by atoms with Crippen LogP contribution >= 0.6 is 0 Å². The quantitative estimate of drug-likeness (QED) is 0.467. The van der Waals surface area contributed by atoms with Crippen LogP contribution < -0.4 is 4.74 Å². The van der Waals surface area contributed by atoms with E-state index in [1.165, 1.54) is 13.2 Å². The molecule has 1 fully saturated rings. The number of ether oxygens (including phenoxy) is 2. The number of piperidine rings is 1. The van der Waals surface area contributed by atoms with Crippen molar-refractivity contribution in [3.05, 3.63) is 59.7 Å². The third-order valence-electron chi connectivity index (χ3n) is 4.93. The number of likely N-dealkylation sites (tertiary alicyclic amines) is 1. The first kappa shape index (κ1) is 19.5. The van der Waals surface area contributed by atoms with Gasteiger partial charge in [-0.25, -0.2) is 4.79 Å². The molecule has 148 valence electrons. The van der Waals surface area contributed by atoms with Crippen molar-refractivity contribution in [2.45, 2.75) is 19.4 Å². The predicted molar refractivity (Wildman–Crippen MR) is 104 cm³/mol. The van der Waals surface area contributed by atoms with Gasteiger partial charge in [-0.15, -0.1) is 0 Å². The molecule has 0 aliphatic carbocycles. The van der Waals surface area contributed by atoms with Gasteiger partial charge in [-0.2, -0.15) is 0 Å². The highest BCUT2D eigenvalue weighted by Gasteiger charge is 2.29. The minimum absolute atomic E-state index is 0.00292. The first-order chi connectivity index (χ1) is 13.6. The van der Waals surface area contributed by atoms with Crippen LogP contribution in [0.25, 0.3) is 0 Å². The second-order valence-electron chi connectivity index (χ2n) is 6.67. The Bertz CT molecular complexity index is 830. The Kier molecular flexibility index (Phi) is 6.37. The smallest absolute Gasteiger partial charge is 0.410 e. The largest absolute Gasteiger partial charge is 0.507 e. The van der Waals surface area contributed by atoms with Crippen LogP contribution in [0.5, 0.6) is 11.5 Å². The van der Waals surface area contributed by atoms with E-state index in [0.29, 0.717) is 43.0 Å². The normalized spacial score (nSPS) is 15.3. The number of nitrogens with zero attached hydrogens (tertiary/aromatic N) is 2. The zero-order chi connectivity index (χ0) is 19.9. The zero-order valence-electron chi connectivity index (χ0n) is 15.7. The Balaban J connectivity index is 1.57. The molecular formula is C21H24N2O5. The Morgan fingerprint density at radius 2 is 1.89 bits per heavy atom. The Morgan fingerprint density at radius 1 is 1.18 bits per heavy atom. The highest BCUT2D eigenvalue weighted by Crippen LogP contribution is 2.30. The first-order valence-electron chi connectivity index (χ1n) is 9.17. The number of rotatable bonds is 5. The molecule has 2 N–H and O–H groups in total. The maximum atomic E-state index is 12.3. The zero-order valence-corrected chi connectivity index (χ0v) is 15.7. The number of aromatic hydroxyl groups is 1. The summed E-state index contributed by atoms with van der Waals surface area (Å²) in [5, 5.41) is 23.2. The van der Waals surface area contributed by atoms with Crippen LogP contribution in [0.3, 0.4) is 0 Å². The molecule has 3 rings (SSSR count). The maximum absolute atomic E-state index is 12.3. The number of hydrogen-bond acceptors (Lipinski definition) is 6. The topological polar surface area (TPSA) is 91.6 Å². The van der Waals surface area contributed by atoms with Gasteiger partial charge in [0.15, 0.2) is 0 Å². The van der Waals surface area contributed by atoms with E-state index >= 15 is 0 Å². The molecule has 1 aliphatic rings. The lowest BCUT2D eigenvalue weighted by Crippen LogP contribution is -2.40. The lowest BCUT2D eigenvalue weighted by molar-refractivity contribution is 0.0863. The summed E-state index contributed by atoms with van der Waals surface area (Å²) < 4.78 is 10.5. The van der Waals surface area contributed by atoms with Gasteiger partial charge in [0.25, 0.3) is 0 Å². The highest BCUT2D eigenvalue weighted by molar-refractivity contribution is 6.04. The summed E-state index contributed by atoms with van der Waals surface area (Å²) in [6.45, 7) is 1.23. The van der Waals surface area contributed by atoms with E-state index in [0.717, 1.165) is 5.56 Å². The van der Waals surface area contributed by atoms with E-state index in [-0.39, 0.29) is 24.4 Å². The van der Waals surface area contributed by atoms with Crippen LogP contribution in [0, 0.1) is 5.92 Å². The van der Waals surface area contributed by atoms with Crippen molar-refractivity contribution >= 4 is 11.8 Å². The van der Waals surface area contributed by atoms with Crippen LogP contribution in [-0.2, 0) is 11.3 Å². The summed E-state index contributed by atoms with van der Waals surface area (Å²) in [5.41, 5.74) is 1.82. The van der Waals surface area contributed by atoms with E-state index in [1.807, 2.05) is 30.3 Å². The molecule has 7 nitrogen and oxygen atoms in total. The minimum atomic E-state index is -0.350. The molecule has 0 spiro atoms. The SMILES string of the molecule is COc1ccc(/C(=N\O)C2CCN(C(=O)OCc3ccccc3)CC2)c(O)c1. The fourth-order valence-electron chi connectivity index (χ4n) is 3.36. The fourth-order valence-corrected chi connectivity index (χ4v) is 3.36. The molecule has 1 saturated heterocycles. The number of carbonyl (C=O) groups excluding carboxylic acids is 1. The number of oxime groups is 1. The number of carbonyl (C=O) groups is 1. The molecule has 2 aromatic rings. The number of benzene rings is 2. The van der Waals surface area contributed by atoms with Crippen molar-refractivity contribution in [2.75, 3.05) is 20.2 Å². The van der Waals surface area contributed by atoms with Crippen molar-refractivity contribution in [3.8, 4) is 11.5 Å². The van der Waals surface area contributed by atoms with E-state index in [2.05, 4.69) is 5.16 Å². The summed E-state index contributed by atoms with van der Waals surface area (Å²) in [4.78, 5) is 13.9. The number of phenolic OH excluding ortho intramolecular Hbond substituents is 1. The molecule has 28 heavy (non-hydrogen) atoms. The highest BCUT2D eigenvalue weighted by atomic mass is 16.6. The van der Waals surface area contributed by atoms with Crippen molar-refractivity contribution in [1.82, 2.24) is 4.90 Å². The van der Waals surface area contributed by atoms with E-state index in [1.54, 1.807) is 17.0 Å². The molecule has 0 radical (unpaired) electrons. The van der Waals surface area contributed by atoms with Crippen LogP contribution in [0.4, 0.5) is 4.79 Å². The molecule has 0 bridgehead atoms. The summed E-state index contributed by atoms with van der Waals surface area (Å²) in [7, 11) is 1.52. The van der Waals surface area contributed by atoms with Gasteiger partial charge in [0, 0.05) is 30.6 Å². The van der Waals surface area contributed by atoms with Gasteiger partial charge >= 0.3 is 6.09 Å². The summed E-state index contributed by atoms with van der Waals surface area (Å²) >= 11 is 0. The minimum Gasteiger partial charge on any atom is -0.507 e. The van der Waals surface area contributed by atoms with Crippen LogP contribution in [0.1, 0.15) is 24.0 Å². The molecule has 0 unspecified atom stereocenters. The van der Waals surface area contributed by atoms with Gasteiger partial charge in [-0.1, -0.05) is 35.5 Å². The first-order valence-corrected chi connectivity index (χ1v) is 9.17. The Hall–Kier alpha value is -3.22. The molecule has 0 saturated carbocycles. The number of methoxy groups -OCH3 is 1. The molecular weight excluding hydrogens is 360 g/mol. The number of phenols is 1. The van der Waals surface area contributed by atoms with E-state index < -0.39 is 0 Å². The maximum Gasteiger partial charge on any atom is 0.410 e. The lowest BCUT2D eigenvalue weighted by Gasteiger charge is -2.31. The van der Waals surface area contributed by atoms with Gasteiger partial charge in [0.05, 0.1) is 12.8 Å². The summed E-state index contributed by atoms with van der Waals surface area (Å²) in [6.07, 6.45) is 0.883. The second kappa shape index (κ2) is 9.12. The average molecular weight is 384 g/mol. The molecule has 1 aliphatic heterocycles. The molecule has 7 heteroatoms. The van der Waals surface area contributed by atoms with E-state index in [9.17, 15) is 15.1 Å². The van der Waals surface area contributed by atoms with Crippen LogP contribution in [0.2, 0.25) is 0 Å². The molecule has 1 amide bonds. The molecule has 1 heterocycles. The van der Waals surface area contributed by atoms with Gasteiger partial charge in [0.2, 0.25) is 0 Å². The Morgan fingerprint density at radius 3 is 2.50 bits per heavy atom. The van der Waals surface area contributed by atoms with Crippen LogP contribution in [-0.4, -0.2) is 47.2 Å². The lowest BCUT2D eigenvalue weighted by atomic mass is 9.88. The monoisotopic (exact) mass is 384 g/mol. The average Bonchev–Trinajstić information content (AvgIpc) is 2.74. The van der Waals surface area contributed by atoms with Gasteiger partial charge < -0.3 is 24.7 Å². The van der Waals surface area contributed by atoms with E-state index in [4.69, 9.17) is 9.47 Å². The number of amides is 1. The van der Waals surface area contributed by atoms with Crippen molar-refractivity contribution in [2.24, 2.45) is 11.1 Å². The van der Waals surface area contributed by atoms with Crippen molar-refractivity contribution in [3.63, 3.8) is 0 Å². The third kappa shape index (κ3) is 4.54. The fraction of sp³-hybridized carbons (Fsp3) is 0.333. The Labute approximate surface area is 163 Å². The standard InChI is InChI=1S/C21H24N2O5/c1-27-17-7-8-18(19(24)13-17)20(22-26)16-9-11-23(12-10-16)21(25)28-14-15-5-3-2-4-6-15/h2-8,13,16,24,26H,9-12,14H2,1H3/b22-20-. The second-order valence-corrected chi connectivity index (χ2v) is 6.67. The van der Waals surface area contributed by atoms with Gasteiger partial charge in [-0.05, 0) is 30.5 Å². The van der Waals surface area contributed by atoms with Crippen molar-refractivity contribution in [1.29, 1.82) is 0 Å². The number of hydrogen-bond donors (Lipinski definition) is 2. The van der Waals surface area contributed by atoms with Crippen LogP contribution in [0.15, 0.2) is 53.7 Å². The van der Waals surface area contributed by atoms with Crippen molar-refractivity contribution < 1.29 is 24.6 Å².